The first-order valence-corrected chi connectivity index (χ1v) is 6.17. The standard InChI is InChI=1S/C12H20N4O/c1-7(2)10-5-11(16-15-10)12(17)14-6-9(13)8-3-4-8/h5,7-9H,3-4,6,13H2,1-2H3,(H,14,17)(H,15,16). The normalized spacial score (nSPS) is 17.2. The number of H-pyrrole nitrogens is 1. The Morgan fingerprint density at radius 2 is 2.35 bits per heavy atom. The highest BCUT2D eigenvalue weighted by Crippen LogP contribution is 2.31. The minimum absolute atomic E-state index is 0.0856. The Morgan fingerprint density at radius 3 is 2.88 bits per heavy atom. The van der Waals surface area contributed by atoms with Crippen LogP contribution in [0.5, 0.6) is 0 Å². The molecule has 1 aromatic rings. The van der Waals surface area contributed by atoms with Gasteiger partial charge in [-0.05, 0) is 30.7 Å². The van der Waals surface area contributed by atoms with Gasteiger partial charge in [-0.15, -0.1) is 0 Å². The van der Waals surface area contributed by atoms with Crippen LogP contribution in [0.1, 0.15) is 48.8 Å². The molecule has 2 rings (SSSR count). The molecule has 0 aliphatic heterocycles. The highest BCUT2D eigenvalue weighted by Gasteiger charge is 2.28. The Hall–Kier alpha value is -1.36. The number of nitrogens with one attached hydrogen (secondary N) is 2. The van der Waals surface area contributed by atoms with Crippen molar-refractivity contribution >= 4 is 5.91 Å². The van der Waals surface area contributed by atoms with E-state index in [0.717, 1.165) is 5.69 Å². The van der Waals surface area contributed by atoms with Crippen LogP contribution < -0.4 is 11.1 Å². The lowest BCUT2D eigenvalue weighted by atomic mass is 10.1. The summed E-state index contributed by atoms with van der Waals surface area (Å²) >= 11 is 0. The van der Waals surface area contributed by atoms with E-state index >= 15 is 0 Å². The first-order valence-electron chi connectivity index (χ1n) is 6.17. The molecule has 0 saturated heterocycles. The smallest absolute Gasteiger partial charge is 0.271 e. The van der Waals surface area contributed by atoms with Gasteiger partial charge in [0.25, 0.3) is 5.91 Å². The molecule has 5 nitrogen and oxygen atoms in total. The first kappa shape index (κ1) is 12.1. The molecule has 1 aromatic heterocycles. The summed E-state index contributed by atoms with van der Waals surface area (Å²) in [4.78, 5) is 11.8. The maximum Gasteiger partial charge on any atom is 0.271 e. The van der Waals surface area contributed by atoms with Crippen molar-refractivity contribution in [3.63, 3.8) is 0 Å². The van der Waals surface area contributed by atoms with E-state index < -0.39 is 0 Å². The summed E-state index contributed by atoms with van der Waals surface area (Å²) in [5.74, 6) is 0.794. The lowest BCUT2D eigenvalue weighted by Crippen LogP contribution is -2.38. The third-order valence-corrected chi connectivity index (χ3v) is 3.18. The van der Waals surface area contributed by atoms with Crippen LogP contribution in [-0.2, 0) is 0 Å². The third kappa shape index (κ3) is 3.06. The molecule has 4 N–H and O–H groups in total. The molecular weight excluding hydrogens is 216 g/mol. The molecule has 5 heteroatoms. The van der Waals surface area contributed by atoms with E-state index in [1.165, 1.54) is 12.8 Å². The zero-order valence-electron chi connectivity index (χ0n) is 10.4. The molecule has 0 bridgehead atoms. The Kier molecular flexibility index (Phi) is 3.47. The van der Waals surface area contributed by atoms with Gasteiger partial charge in [0.15, 0.2) is 0 Å². The summed E-state index contributed by atoms with van der Waals surface area (Å²) in [5, 5.41) is 9.69. The number of carbonyl (C=O) groups is 1. The molecule has 1 aliphatic carbocycles. The van der Waals surface area contributed by atoms with Crippen molar-refractivity contribution in [1.29, 1.82) is 0 Å². The molecule has 1 amide bonds. The number of nitrogens with zero attached hydrogens (tertiary/aromatic N) is 1. The summed E-state index contributed by atoms with van der Waals surface area (Å²) < 4.78 is 0. The minimum atomic E-state index is -0.149. The average Bonchev–Trinajstić information content (AvgIpc) is 3.02. The predicted molar refractivity (Wildman–Crippen MR) is 65.7 cm³/mol. The van der Waals surface area contributed by atoms with Crippen molar-refractivity contribution in [2.75, 3.05) is 6.54 Å². The lowest BCUT2D eigenvalue weighted by molar-refractivity contribution is 0.0945. The van der Waals surface area contributed by atoms with Crippen molar-refractivity contribution in [3.05, 3.63) is 17.5 Å². The highest BCUT2D eigenvalue weighted by atomic mass is 16.1. The quantitative estimate of drug-likeness (QED) is 0.713. The minimum Gasteiger partial charge on any atom is -0.349 e. The van der Waals surface area contributed by atoms with E-state index in [2.05, 4.69) is 29.4 Å². The molecule has 1 saturated carbocycles. The highest BCUT2D eigenvalue weighted by molar-refractivity contribution is 5.92. The van der Waals surface area contributed by atoms with Crippen LogP contribution in [0.15, 0.2) is 6.07 Å². The third-order valence-electron chi connectivity index (χ3n) is 3.18. The van der Waals surface area contributed by atoms with E-state index in [0.29, 0.717) is 24.1 Å². The van der Waals surface area contributed by atoms with Crippen LogP contribution in [0.25, 0.3) is 0 Å². The number of nitrogens with two attached hydrogens (primary N) is 1. The molecule has 1 unspecified atom stereocenters. The second-order valence-electron chi connectivity index (χ2n) is 5.07. The van der Waals surface area contributed by atoms with Crippen LogP contribution >= 0.6 is 0 Å². The summed E-state index contributed by atoms with van der Waals surface area (Å²) in [5.41, 5.74) is 7.33. The maximum absolute atomic E-state index is 11.8. The lowest BCUT2D eigenvalue weighted by Gasteiger charge is -2.10. The van der Waals surface area contributed by atoms with Gasteiger partial charge >= 0.3 is 0 Å². The van der Waals surface area contributed by atoms with E-state index in [-0.39, 0.29) is 11.9 Å². The largest absolute Gasteiger partial charge is 0.349 e. The molecular formula is C12H20N4O. The van der Waals surface area contributed by atoms with Gasteiger partial charge in [-0.1, -0.05) is 13.8 Å². The zero-order valence-corrected chi connectivity index (χ0v) is 10.4. The fourth-order valence-electron chi connectivity index (χ4n) is 1.74. The van der Waals surface area contributed by atoms with Gasteiger partial charge in [-0.2, -0.15) is 5.10 Å². The molecule has 1 aliphatic rings. The van der Waals surface area contributed by atoms with Gasteiger partial charge in [0.2, 0.25) is 0 Å². The number of amides is 1. The van der Waals surface area contributed by atoms with Crippen molar-refractivity contribution < 1.29 is 4.79 Å². The maximum atomic E-state index is 11.8. The fraction of sp³-hybridized carbons (Fsp3) is 0.667. The molecule has 1 heterocycles. The SMILES string of the molecule is CC(C)c1cc(C(=O)NCC(N)C2CC2)n[nH]1. The Morgan fingerprint density at radius 1 is 1.65 bits per heavy atom. The van der Waals surface area contributed by atoms with E-state index in [1.54, 1.807) is 6.07 Å². The van der Waals surface area contributed by atoms with E-state index in [9.17, 15) is 4.79 Å². The van der Waals surface area contributed by atoms with E-state index in [1.807, 2.05) is 0 Å². The van der Waals surface area contributed by atoms with Crippen molar-refractivity contribution in [2.24, 2.45) is 11.7 Å². The van der Waals surface area contributed by atoms with Crippen LogP contribution in [0, 0.1) is 5.92 Å². The summed E-state index contributed by atoms with van der Waals surface area (Å²) in [6, 6.07) is 1.88. The van der Waals surface area contributed by atoms with Gasteiger partial charge in [-0.25, -0.2) is 0 Å². The fourth-order valence-corrected chi connectivity index (χ4v) is 1.74. The molecule has 0 aromatic carbocycles. The second-order valence-corrected chi connectivity index (χ2v) is 5.07. The molecule has 1 fully saturated rings. The monoisotopic (exact) mass is 236 g/mol. The Bertz CT molecular complexity index is 395. The first-order chi connectivity index (χ1) is 8.08. The molecule has 0 radical (unpaired) electrons. The second kappa shape index (κ2) is 4.87. The van der Waals surface area contributed by atoms with Gasteiger partial charge in [0.1, 0.15) is 5.69 Å². The number of carbonyl (C=O) groups excluding carboxylic acids is 1. The Labute approximate surface area is 101 Å². The van der Waals surface area contributed by atoms with Crippen molar-refractivity contribution in [2.45, 2.75) is 38.6 Å². The topological polar surface area (TPSA) is 83.8 Å². The number of aromatic amines is 1. The van der Waals surface area contributed by atoms with Crippen molar-refractivity contribution in [3.8, 4) is 0 Å². The van der Waals surface area contributed by atoms with Crippen LogP contribution in [0.2, 0.25) is 0 Å². The predicted octanol–water partition coefficient (Wildman–Crippen LogP) is 1.00. The van der Waals surface area contributed by atoms with Gasteiger partial charge < -0.3 is 11.1 Å². The number of rotatable bonds is 5. The average molecular weight is 236 g/mol. The number of hydrogen-bond acceptors (Lipinski definition) is 3. The van der Waals surface area contributed by atoms with Crippen LogP contribution in [0.4, 0.5) is 0 Å². The van der Waals surface area contributed by atoms with Crippen LogP contribution in [0.3, 0.4) is 0 Å². The molecule has 0 spiro atoms. The summed E-state index contributed by atoms with van der Waals surface area (Å²) in [6.45, 7) is 4.64. The van der Waals surface area contributed by atoms with Crippen LogP contribution in [-0.4, -0.2) is 28.7 Å². The van der Waals surface area contributed by atoms with E-state index in [4.69, 9.17) is 5.73 Å². The Balaban J connectivity index is 1.85. The molecule has 94 valence electrons. The van der Waals surface area contributed by atoms with Gasteiger partial charge in [0.05, 0.1) is 0 Å². The van der Waals surface area contributed by atoms with Gasteiger partial charge in [0, 0.05) is 18.3 Å². The number of aromatic nitrogens is 2. The summed E-state index contributed by atoms with van der Waals surface area (Å²) in [7, 11) is 0. The van der Waals surface area contributed by atoms with Gasteiger partial charge in [-0.3, -0.25) is 9.89 Å². The molecule has 17 heavy (non-hydrogen) atoms. The van der Waals surface area contributed by atoms with Crippen molar-refractivity contribution in [1.82, 2.24) is 15.5 Å². The number of hydrogen-bond donors (Lipinski definition) is 3. The molecule has 1 atom stereocenters. The zero-order chi connectivity index (χ0) is 12.4. The summed E-state index contributed by atoms with van der Waals surface area (Å²) in [6.07, 6.45) is 2.38.